The van der Waals surface area contributed by atoms with E-state index in [0.717, 1.165) is 36.1 Å². The van der Waals surface area contributed by atoms with Crippen molar-refractivity contribution in [2.45, 2.75) is 59.5 Å². The molecule has 0 spiro atoms. The molecule has 164 valence electrons. The first kappa shape index (κ1) is 21.3. The predicted molar refractivity (Wildman–Crippen MR) is 123 cm³/mol. The quantitative estimate of drug-likeness (QED) is 0.493. The average molecular weight is 423 g/mol. The minimum atomic E-state index is -0.0232. The van der Waals surface area contributed by atoms with Crippen LogP contribution in [0.25, 0.3) is 22.1 Å². The van der Waals surface area contributed by atoms with Crippen LogP contribution in [0, 0.1) is 0 Å². The van der Waals surface area contributed by atoms with Crippen molar-refractivity contribution in [3.63, 3.8) is 0 Å². The summed E-state index contributed by atoms with van der Waals surface area (Å²) in [6.07, 6.45) is 3.20. The summed E-state index contributed by atoms with van der Waals surface area (Å²) < 4.78 is 23.9. The van der Waals surface area contributed by atoms with Crippen molar-refractivity contribution in [3.8, 4) is 28.4 Å². The van der Waals surface area contributed by atoms with Crippen LogP contribution in [0.4, 0.5) is 0 Å². The molecule has 2 aromatic carbocycles. The maximum Gasteiger partial charge on any atom is 0.200 e. The lowest BCUT2D eigenvalue weighted by Gasteiger charge is -2.16. The summed E-state index contributed by atoms with van der Waals surface area (Å²) in [5.41, 5.74) is 2.94. The number of aryl methyl sites for hydroxylation is 2. The number of fused-ring (bicyclic) bond motifs is 2. The van der Waals surface area contributed by atoms with Crippen LogP contribution in [0.3, 0.4) is 0 Å². The Labute approximate surface area is 182 Å². The van der Waals surface area contributed by atoms with E-state index in [2.05, 4.69) is 13.8 Å². The summed E-state index contributed by atoms with van der Waals surface area (Å²) in [6.45, 7) is 9.36. The van der Waals surface area contributed by atoms with Crippen molar-refractivity contribution in [1.29, 1.82) is 0 Å². The molecule has 0 bridgehead atoms. The Kier molecular flexibility index (Phi) is 6.21. The van der Waals surface area contributed by atoms with Gasteiger partial charge >= 0.3 is 0 Å². The highest BCUT2D eigenvalue weighted by atomic mass is 16.5. The Balaban J connectivity index is 1.92. The van der Waals surface area contributed by atoms with Gasteiger partial charge in [-0.2, -0.15) is 0 Å². The standard InChI is InChI=1S/C26H30O5/c1-5-8-21-25(18-9-10-20-24(14-18)29-12-7-11-28-20)26(27)19-13-17(6-2)22(30-16(3)4)15-23(19)31-21/h9-10,13-16H,5-8,11-12H2,1-4H3. The lowest BCUT2D eigenvalue weighted by atomic mass is 9.98. The first-order chi connectivity index (χ1) is 15.0. The van der Waals surface area contributed by atoms with E-state index in [4.69, 9.17) is 18.6 Å². The van der Waals surface area contributed by atoms with Crippen molar-refractivity contribution in [3.05, 3.63) is 51.9 Å². The largest absolute Gasteiger partial charge is 0.491 e. The molecule has 0 unspecified atom stereocenters. The second-order valence-electron chi connectivity index (χ2n) is 8.17. The molecule has 0 saturated heterocycles. The van der Waals surface area contributed by atoms with Gasteiger partial charge < -0.3 is 18.6 Å². The van der Waals surface area contributed by atoms with Crippen LogP contribution in [0.1, 0.15) is 51.9 Å². The van der Waals surface area contributed by atoms with Gasteiger partial charge in [0.15, 0.2) is 11.5 Å². The normalized spacial score (nSPS) is 13.5. The lowest BCUT2D eigenvalue weighted by molar-refractivity contribution is 0.240. The fourth-order valence-corrected chi connectivity index (χ4v) is 3.97. The topological polar surface area (TPSA) is 57.9 Å². The fraction of sp³-hybridized carbons (Fsp3) is 0.423. The molecule has 0 atom stereocenters. The molecule has 0 fully saturated rings. The first-order valence-corrected chi connectivity index (χ1v) is 11.2. The third kappa shape index (κ3) is 4.27. The van der Waals surface area contributed by atoms with Gasteiger partial charge in [0.25, 0.3) is 0 Å². The lowest BCUT2D eigenvalue weighted by Crippen LogP contribution is -2.12. The maximum absolute atomic E-state index is 13.7. The van der Waals surface area contributed by atoms with Crippen LogP contribution in [0.15, 0.2) is 39.5 Å². The Morgan fingerprint density at radius 3 is 2.52 bits per heavy atom. The molecule has 5 heteroatoms. The molecule has 1 aromatic heterocycles. The average Bonchev–Trinajstić information content (AvgIpc) is 2.98. The van der Waals surface area contributed by atoms with Gasteiger partial charge in [0.2, 0.25) is 5.43 Å². The molecule has 0 saturated carbocycles. The van der Waals surface area contributed by atoms with Gasteiger partial charge in [-0.25, -0.2) is 0 Å². The molecular formula is C26H30O5. The second-order valence-corrected chi connectivity index (χ2v) is 8.17. The number of ether oxygens (including phenoxy) is 3. The van der Waals surface area contributed by atoms with Gasteiger partial charge in [0.1, 0.15) is 17.1 Å². The highest BCUT2D eigenvalue weighted by Crippen LogP contribution is 2.36. The monoisotopic (exact) mass is 422 g/mol. The van der Waals surface area contributed by atoms with Crippen molar-refractivity contribution in [1.82, 2.24) is 0 Å². The van der Waals surface area contributed by atoms with Crippen molar-refractivity contribution in [2.24, 2.45) is 0 Å². The van der Waals surface area contributed by atoms with E-state index in [1.807, 2.05) is 44.2 Å². The zero-order chi connectivity index (χ0) is 22.0. The molecular weight excluding hydrogens is 392 g/mol. The van der Waals surface area contributed by atoms with E-state index in [1.165, 1.54) is 0 Å². The Morgan fingerprint density at radius 1 is 1.03 bits per heavy atom. The number of rotatable bonds is 6. The Bertz CT molecular complexity index is 1140. The van der Waals surface area contributed by atoms with Crippen LogP contribution in [-0.4, -0.2) is 19.3 Å². The highest BCUT2D eigenvalue weighted by Gasteiger charge is 2.20. The molecule has 3 aromatic rings. The molecule has 31 heavy (non-hydrogen) atoms. The number of hydrogen-bond acceptors (Lipinski definition) is 5. The smallest absolute Gasteiger partial charge is 0.200 e. The third-order valence-electron chi connectivity index (χ3n) is 5.40. The second kappa shape index (κ2) is 9.04. The SMILES string of the molecule is CCCc1oc2cc(OC(C)C)c(CC)cc2c(=O)c1-c1ccc2c(c1)OCCCO2. The molecule has 5 nitrogen and oxygen atoms in total. The molecule has 1 aliphatic heterocycles. The highest BCUT2D eigenvalue weighted by molar-refractivity contribution is 5.85. The predicted octanol–water partition coefficient (Wildman–Crippen LogP) is 5.92. The summed E-state index contributed by atoms with van der Waals surface area (Å²) >= 11 is 0. The summed E-state index contributed by atoms with van der Waals surface area (Å²) in [7, 11) is 0. The van der Waals surface area contributed by atoms with Crippen LogP contribution < -0.4 is 19.6 Å². The molecule has 0 aliphatic carbocycles. The third-order valence-corrected chi connectivity index (χ3v) is 5.40. The van der Waals surface area contributed by atoms with Gasteiger partial charge in [-0.05, 0) is 56.0 Å². The van der Waals surface area contributed by atoms with Crippen molar-refractivity contribution in [2.75, 3.05) is 13.2 Å². The fourth-order valence-electron chi connectivity index (χ4n) is 3.97. The summed E-state index contributed by atoms with van der Waals surface area (Å²) in [5.74, 6) is 2.85. The summed E-state index contributed by atoms with van der Waals surface area (Å²) in [6, 6.07) is 9.48. The minimum absolute atomic E-state index is 0.0232. The Morgan fingerprint density at radius 2 is 1.81 bits per heavy atom. The van der Waals surface area contributed by atoms with Gasteiger partial charge in [-0.15, -0.1) is 0 Å². The molecule has 1 aliphatic rings. The molecule has 0 radical (unpaired) electrons. The van der Waals surface area contributed by atoms with Gasteiger partial charge in [0.05, 0.1) is 30.3 Å². The van der Waals surface area contributed by atoms with E-state index in [0.29, 0.717) is 53.4 Å². The summed E-state index contributed by atoms with van der Waals surface area (Å²) in [4.78, 5) is 13.7. The summed E-state index contributed by atoms with van der Waals surface area (Å²) in [5, 5.41) is 0.579. The number of benzene rings is 2. The molecule has 2 heterocycles. The maximum atomic E-state index is 13.7. The van der Waals surface area contributed by atoms with Crippen LogP contribution >= 0.6 is 0 Å². The van der Waals surface area contributed by atoms with Gasteiger partial charge in [0, 0.05) is 18.9 Å². The molecule has 0 N–H and O–H groups in total. The van der Waals surface area contributed by atoms with E-state index in [1.54, 1.807) is 0 Å². The zero-order valence-electron chi connectivity index (χ0n) is 18.7. The van der Waals surface area contributed by atoms with Crippen LogP contribution in [0.2, 0.25) is 0 Å². The number of hydrogen-bond donors (Lipinski definition) is 0. The minimum Gasteiger partial charge on any atom is -0.491 e. The molecule has 4 rings (SSSR count). The van der Waals surface area contributed by atoms with E-state index in [9.17, 15) is 4.79 Å². The first-order valence-electron chi connectivity index (χ1n) is 11.2. The Hall–Kier alpha value is -2.95. The van der Waals surface area contributed by atoms with E-state index in [-0.39, 0.29) is 11.5 Å². The van der Waals surface area contributed by atoms with Crippen LogP contribution in [0.5, 0.6) is 17.2 Å². The zero-order valence-corrected chi connectivity index (χ0v) is 18.7. The van der Waals surface area contributed by atoms with Crippen molar-refractivity contribution >= 4 is 11.0 Å². The van der Waals surface area contributed by atoms with E-state index >= 15 is 0 Å². The van der Waals surface area contributed by atoms with Crippen molar-refractivity contribution < 1.29 is 18.6 Å². The van der Waals surface area contributed by atoms with Gasteiger partial charge in [-0.1, -0.05) is 19.9 Å². The molecule has 0 amide bonds. The van der Waals surface area contributed by atoms with E-state index < -0.39 is 0 Å². The van der Waals surface area contributed by atoms with Gasteiger partial charge in [-0.3, -0.25) is 4.79 Å². The van der Waals surface area contributed by atoms with Crippen LogP contribution in [-0.2, 0) is 12.8 Å².